The zero-order valence-corrected chi connectivity index (χ0v) is 11.6. The topological polar surface area (TPSA) is 65.1 Å². The van der Waals surface area contributed by atoms with E-state index in [-0.39, 0.29) is 5.78 Å². The highest BCUT2D eigenvalue weighted by Crippen LogP contribution is 2.35. The average Bonchev–Trinajstić information content (AvgIpc) is 2.51. The van der Waals surface area contributed by atoms with Crippen LogP contribution in [0.2, 0.25) is 0 Å². The third kappa shape index (κ3) is 2.39. The Balaban J connectivity index is 2.32. The van der Waals surface area contributed by atoms with Gasteiger partial charge in [-0.1, -0.05) is 0 Å². The van der Waals surface area contributed by atoms with Crippen molar-refractivity contribution < 1.29 is 10.0 Å². The highest BCUT2D eigenvalue weighted by Gasteiger charge is 2.49. The molecule has 2 rings (SSSR count). The molecule has 0 spiro atoms. The van der Waals surface area contributed by atoms with Crippen LogP contribution in [0.25, 0.3) is 0 Å². The highest BCUT2D eigenvalue weighted by atomic mass is 16.5. The quantitative estimate of drug-likeness (QED) is 0.651. The minimum absolute atomic E-state index is 0.158. The molecule has 5 heteroatoms. The molecule has 1 radical (unpaired) electrons. The first-order chi connectivity index (χ1) is 8.75. The zero-order chi connectivity index (χ0) is 14.3. The van der Waals surface area contributed by atoms with Crippen LogP contribution in [-0.4, -0.2) is 27.0 Å². The molecule has 1 N–H and O–H groups in total. The van der Waals surface area contributed by atoms with Crippen LogP contribution in [0.4, 0.5) is 0 Å². The van der Waals surface area contributed by atoms with Gasteiger partial charge in [0.1, 0.15) is 5.66 Å². The van der Waals surface area contributed by atoms with Gasteiger partial charge >= 0.3 is 0 Å². The SMILES string of the molecule is CC1(C)N/C(=C\C(=O)c2cccnc2)C(C)(C)N1[O]. The lowest BCUT2D eigenvalue weighted by atomic mass is 9.99. The van der Waals surface area contributed by atoms with Crippen LogP contribution in [0.1, 0.15) is 38.1 Å². The van der Waals surface area contributed by atoms with Crippen molar-refractivity contribution in [2.75, 3.05) is 0 Å². The number of carbonyl (C=O) groups is 1. The molecule has 0 unspecified atom stereocenters. The molecule has 2 heterocycles. The van der Waals surface area contributed by atoms with Crippen LogP contribution in [0, 0.1) is 0 Å². The molecule has 1 aromatic heterocycles. The predicted molar refractivity (Wildman–Crippen MR) is 70.5 cm³/mol. The largest absolute Gasteiger partial charge is 0.367 e. The van der Waals surface area contributed by atoms with Crippen LogP contribution < -0.4 is 5.32 Å². The first kappa shape index (κ1) is 13.7. The monoisotopic (exact) mass is 260 g/mol. The number of hydroxylamine groups is 2. The summed E-state index contributed by atoms with van der Waals surface area (Å²) in [6, 6.07) is 3.41. The Morgan fingerprint density at radius 2 is 2.05 bits per heavy atom. The maximum Gasteiger partial charge on any atom is 0.189 e. The van der Waals surface area contributed by atoms with Crippen LogP contribution in [0.15, 0.2) is 36.3 Å². The maximum atomic E-state index is 12.2. The van der Waals surface area contributed by atoms with Crippen molar-refractivity contribution in [2.24, 2.45) is 0 Å². The van der Waals surface area contributed by atoms with E-state index < -0.39 is 11.2 Å². The van der Waals surface area contributed by atoms with Crippen molar-refractivity contribution >= 4 is 5.78 Å². The van der Waals surface area contributed by atoms with Gasteiger partial charge in [0, 0.05) is 29.7 Å². The van der Waals surface area contributed by atoms with E-state index in [1.165, 1.54) is 12.3 Å². The van der Waals surface area contributed by atoms with Crippen LogP contribution in [0.5, 0.6) is 0 Å². The Labute approximate surface area is 112 Å². The number of allylic oxidation sites excluding steroid dienone is 1. The van der Waals surface area contributed by atoms with E-state index in [1.54, 1.807) is 46.0 Å². The molecule has 0 bridgehead atoms. The molecular weight excluding hydrogens is 242 g/mol. The van der Waals surface area contributed by atoms with Crippen LogP contribution in [-0.2, 0) is 5.21 Å². The maximum absolute atomic E-state index is 12.2. The second-order valence-corrected chi connectivity index (χ2v) is 5.70. The molecule has 1 aromatic rings. The number of nitrogens with one attached hydrogen (secondary N) is 1. The third-order valence-corrected chi connectivity index (χ3v) is 3.34. The fourth-order valence-corrected chi connectivity index (χ4v) is 2.28. The first-order valence-electron chi connectivity index (χ1n) is 6.17. The fraction of sp³-hybridized carbons (Fsp3) is 0.429. The van der Waals surface area contributed by atoms with Gasteiger partial charge in [0.15, 0.2) is 5.78 Å². The van der Waals surface area contributed by atoms with E-state index in [0.717, 1.165) is 5.06 Å². The van der Waals surface area contributed by atoms with Gasteiger partial charge in [-0.15, -0.1) is 10.3 Å². The lowest BCUT2D eigenvalue weighted by molar-refractivity contribution is -0.243. The summed E-state index contributed by atoms with van der Waals surface area (Å²) in [4.78, 5) is 16.0. The highest BCUT2D eigenvalue weighted by molar-refractivity contribution is 6.04. The fourth-order valence-electron chi connectivity index (χ4n) is 2.28. The summed E-state index contributed by atoms with van der Waals surface area (Å²) in [5.74, 6) is -0.158. The summed E-state index contributed by atoms with van der Waals surface area (Å²) in [5, 5.41) is 16.2. The number of ketones is 1. The number of aromatic nitrogens is 1. The Morgan fingerprint density at radius 3 is 2.53 bits per heavy atom. The smallest absolute Gasteiger partial charge is 0.189 e. The molecule has 0 aliphatic carbocycles. The molecule has 0 aromatic carbocycles. The number of hydrogen-bond donors (Lipinski definition) is 1. The summed E-state index contributed by atoms with van der Waals surface area (Å²) in [6.45, 7) is 7.17. The number of rotatable bonds is 2. The van der Waals surface area contributed by atoms with Gasteiger partial charge in [-0.3, -0.25) is 9.78 Å². The molecular formula is C14H18N3O2. The van der Waals surface area contributed by atoms with Crippen molar-refractivity contribution in [2.45, 2.75) is 38.9 Å². The van der Waals surface area contributed by atoms with Crippen molar-refractivity contribution in [1.29, 1.82) is 0 Å². The van der Waals surface area contributed by atoms with E-state index >= 15 is 0 Å². The van der Waals surface area contributed by atoms with Crippen molar-refractivity contribution in [3.63, 3.8) is 0 Å². The minimum atomic E-state index is -0.749. The Kier molecular flexibility index (Phi) is 3.20. The van der Waals surface area contributed by atoms with Gasteiger partial charge in [0.2, 0.25) is 0 Å². The Bertz CT molecular complexity index is 521. The second-order valence-electron chi connectivity index (χ2n) is 5.70. The van der Waals surface area contributed by atoms with E-state index in [9.17, 15) is 10.0 Å². The molecule has 0 saturated carbocycles. The third-order valence-electron chi connectivity index (χ3n) is 3.34. The van der Waals surface area contributed by atoms with Gasteiger partial charge in [-0.05, 0) is 39.8 Å². The Morgan fingerprint density at radius 1 is 1.37 bits per heavy atom. The van der Waals surface area contributed by atoms with E-state index in [4.69, 9.17) is 0 Å². The molecule has 0 amide bonds. The van der Waals surface area contributed by atoms with Crippen molar-refractivity contribution in [3.8, 4) is 0 Å². The zero-order valence-electron chi connectivity index (χ0n) is 11.6. The summed E-state index contributed by atoms with van der Waals surface area (Å²) in [7, 11) is 0. The van der Waals surface area contributed by atoms with Gasteiger partial charge in [-0.2, -0.15) is 0 Å². The van der Waals surface area contributed by atoms with Crippen LogP contribution >= 0.6 is 0 Å². The minimum Gasteiger partial charge on any atom is -0.367 e. The molecule has 101 valence electrons. The molecule has 1 aliphatic rings. The summed E-state index contributed by atoms with van der Waals surface area (Å²) >= 11 is 0. The number of nitrogens with zero attached hydrogens (tertiary/aromatic N) is 2. The number of carbonyl (C=O) groups excluding carboxylic acids is 1. The van der Waals surface area contributed by atoms with Gasteiger partial charge in [-0.25, -0.2) is 0 Å². The van der Waals surface area contributed by atoms with Crippen molar-refractivity contribution in [3.05, 3.63) is 41.9 Å². The molecule has 1 aliphatic heterocycles. The first-order valence-corrected chi connectivity index (χ1v) is 6.17. The lowest BCUT2D eigenvalue weighted by Crippen LogP contribution is -2.47. The Hall–Kier alpha value is -1.72. The van der Waals surface area contributed by atoms with E-state index in [1.807, 2.05) is 0 Å². The van der Waals surface area contributed by atoms with Gasteiger partial charge < -0.3 is 5.32 Å². The molecule has 19 heavy (non-hydrogen) atoms. The van der Waals surface area contributed by atoms with Gasteiger partial charge in [0.05, 0.1) is 5.54 Å². The number of pyridine rings is 1. The van der Waals surface area contributed by atoms with E-state index in [0.29, 0.717) is 11.3 Å². The average molecular weight is 260 g/mol. The number of hydrogen-bond acceptors (Lipinski definition) is 4. The lowest BCUT2D eigenvalue weighted by Gasteiger charge is -2.29. The standard InChI is InChI=1S/C14H18N3O2/c1-13(2)12(16-14(3,4)17(13)19)8-11(18)10-6-5-7-15-9-10/h5-9,16H,1-4H3/b12-8-. The molecule has 1 saturated heterocycles. The molecule has 1 fully saturated rings. The van der Waals surface area contributed by atoms with Crippen LogP contribution in [0.3, 0.4) is 0 Å². The summed E-state index contributed by atoms with van der Waals surface area (Å²) in [5.41, 5.74) is -0.331. The summed E-state index contributed by atoms with van der Waals surface area (Å²) < 4.78 is 0. The van der Waals surface area contributed by atoms with E-state index in [2.05, 4.69) is 10.3 Å². The normalized spacial score (nSPS) is 23.3. The summed E-state index contributed by atoms with van der Waals surface area (Å²) in [6.07, 6.45) is 4.61. The van der Waals surface area contributed by atoms with Gasteiger partial charge in [0.25, 0.3) is 0 Å². The molecule has 0 atom stereocenters. The van der Waals surface area contributed by atoms with Crippen molar-refractivity contribution in [1.82, 2.24) is 15.4 Å². The molecule has 5 nitrogen and oxygen atoms in total. The second kappa shape index (κ2) is 4.43. The predicted octanol–water partition coefficient (Wildman–Crippen LogP) is 1.91.